The van der Waals surface area contributed by atoms with E-state index >= 15 is 0 Å². The molecule has 0 aliphatic heterocycles. The molecule has 1 aliphatic carbocycles. The summed E-state index contributed by atoms with van der Waals surface area (Å²) in [6, 6.07) is 12.0. The molecule has 0 fully saturated rings. The van der Waals surface area contributed by atoms with Gasteiger partial charge in [0.2, 0.25) is 0 Å². The van der Waals surface area contributed by atoms with Gasteiger partial charge in [-0.1, -0.05) is 78.8 Å². The molecule has 0 nitrogen and oxygen atoms in total. The van der Waals surface area contributed by atoms with Gasteiger partial charge in [0.25, 0.3) is 0 Å². The second-order valence-corrected chi connectivity index (χ2v) is 10.3. The molecule has 1 aliphatic rings. The topological polar surface area (TPSA) is 0 Å². The number of hydrogen-bond acceptors (Lipinski definition) is 0. The van der Waals surface area contributed by atoms with E-state index in [1.807, 2.05) is 0 Å². The van der Waals surface area contributed by atoms with Crippen LogP contribution in [0.4, 0.5) is 0 Å². The normalized spacial score (nSPS) is 17.4. The summed E-state index contributed by atoms with van der Waals surface area (Å²) in [6.07, 6.45) is 7.82. The third-order valence-electron chi connectivity index (χ3n) is 5.49. The first-order chi connectivity index (χ1) is 11.2. The maximum Gasteiger partial charge on any atom is -0.0101 e. The minimum Gasteiger partial charge on any atom is -0.0688 e. The molecule has 0 amide bonds. The van der Waals surface area contributed by atoms with Crippen molar-refractivity contribution in [1.29, 1.82) is 0 Å². The Bertz CT molecular complexity index is 651. The molecule has 124 valence electrons. The Morgan fingerprint density at radius 1 is 0.870 bits per heavy atom. The van der Waals surface area contributed by atoms with E-state index in [0.717, 1.165) is 11.3 Å². The smallest absolute Gasteiger partial charge is 0.0101 e. The predicted molar refractivity (Wildman–Crippen MR) is 107 cm³/mol. The Kier molecular flexibility index (Phi) is 5.42. The molecule has 0 saturated heterocycles. The van der Waals surface area contributed by atoms with Crippen molar-refractivity contribution in [2.24, 2.45) is 0 Å². The monoisotopic (exact) mass is 326 g/mol. The van der Waals surface area contributed by atoms with E-state index < -0.39 is 0 Å². The van der Waals surface area contributed by atoms with Gasteiger partial charge < -0.3 is 0 Å². The molecule has 0 bridgehead atoms. The molecule has 2 aromatic rings. The van der Waals surface area contributed by atoms with Crippen molar-refractivity contribution in [3.05, 3.63) is 41.5 Å². The van der Waals surface area contributed by atoms with Crippen LogP contribution in [-0.2, 0) is 12.8 Å². The van der Waals surface area contributed by atoms with Gasteiger partial charge in [0.15, 0.2) is 0 Å². The molecule has 23 heavy (non-hydrogen) atoms. The molecule has 0 N–H and O–H groups in total. The highest BCUT2D eigenvalue weighted by molar-refractivity contribution is 7.67. The van der Waals surface area contributed by atoms with Gasteiger partial charge >= 0.3 is 0 Å². The number of aryl methyl sites for hydroxylation is 2. The van der Waals surface area contributed by atoms with Crippen LogP contribution in [0.15, 0.2) is 30.3 Å². The molecule has 0 radical (unpaired) electrons. The molecule has 0 saturated carbocycles. The van der Waals surface area contributed by atoms with Crippen molar-refractivity contribution < 1.29 is 0 Å². The van der Waals surface area contributed by atoms with Gasteiger partial charge in [0, 0.05) is 0 Å². The van der Waals surface area contributed by atoms with Gasteiger partial charge in [0.05, 0.1) is 0 Å². The summed E-state index contributed by atoms with van der Waals surface area (Å²) in [7, 11) is -0.0868. The Hall–Kier alpha value is -0.870. The number of benzene rings is 2. The van der Waals surface area contributed by atoms with Gasteiger partial charge in [-0.25, -0.2) is 0 Å². The SMILES string of the molecule is CCCC(C)P(c1ccc2c3c(cccc13)CC2)C(C)CCC. The van der Waals surface area contributed by atoms with Crippen molar-refractivity contribution in [3.8, 4) is 0 Å². The van der Waals surface area contributed by atoms with Crippen LogP contribution in [0.25, 0.3) is 10.8 Å². The molecule has 0 heterocycles. The van der Waals surface area contributed by atoms with Crippen molar-refractivity contribution in [2.45, 2.75) is 77.5 Å². The highest BCUT2D eigenvalue weighted by atomic mass is 31.1. The molecule has 3 rings (SSSR count). The van der Waals surface area contributed by atoms with E-state index in [0.29, 0.717) is 0 Å². The van der Waals surface area contributed by atoms with Gasteiger partial charge in [-0.3, -0.25) is 0 Å². The third-order valence-corrected chi connectivity index (χ3v) is 8.86. The first-order valence-electron chi connectivity index (χ1n) is 9.49. The van der Waals surface area contributed by atoms with Crippen molar-refractivity contribution in [3.63, 3.8) is 0 Å². The third kappa shape index (κ3) is 3.20. The summed E-state index contributed by atoms with van der Waals surface area (Å²) < 4.78 is 0. The van der Waals surface area contributed by atoms with Gasteiger partial charge in [-0.2, -0.15) is 0 Å². The molecular weight excluding hydrogens is 295 g/mol. The molecule has 0 aromatic heterocycles. The molecule has 0 spiro atoms. The fraction of sp³-hybridized carbons (Fsp3) is 0.545. The summed E-state index contributed by atoms with van der Waals surface area (Å²) >= 11 is 0. The Labute approximate surface area is 143 Å². The minimum atomic E-state index is -0.0868. The summed E-state index contributed by atoms with van der Waals surface area (Å²) in [5.74, 6) is 0. The zero-order valence-corrected chi connectivity index (χ0v) is 16.1. The van der Waals surface area contributed by atoms with Crippen molar-refractivity contribution in [2.75, 3.05) is 0 Å². The number of rotatable bonds is 7. The van der Waals surface area contributed by atoms with Crippen LogP contribution in [-0.4, -0.2) is 11.3 Å². The lowest BCUT2D eigenvalue weighted by atomic mass is 10.1. The average molecular weight is 326 g/mol. The lowest BCUT2D eigenvalue weighted by molar-refractivity contribution is 0.741. The van der Waals surface area contributed by atoms with Crippen LogP contribution >= 0.6 is 7.92 Å². The van der Waals surface area contributed by atoms with Crippen LogP contribution in [0, 0.1) is 0 Å². The van der Waals surface area contributed by atoms with Crippen LogP contribution in [0.3, 0.4) is 0 Å². The van der Waals surface area contributed by atoms with Crippen molar-refractivity contribution in [1.82, 2.24) is 0 Å². The van der Waals surface area contributed by atoms with Crippen molar-refractivity contribution >= 4 is 24.0 Å². The Morgan fingerprint density at radius 2 is 1.48 bits per heavy atom. The molecule has 1 heteroatoms. The highest BCUT2D eigenvalue weighted by Gasteiger charge is 2.27. The zero-order chi connectivity index (χ0) is 16.4. The lowest BCUT2D eigenvalue weighted by Gasteiger charge is -2.32. The lowest BCUT2D eigenvalue weighted by Crippen LogP contribution is -2.20. The van der Waals surface area contributed by atoms with E-state index in [1.54, 1.807) is 27.2 Å². The minimum absolute atomic E-state index is 0.0868. The maximum absolute atomic E-state index is 2.50. The summed E-state index contributed by atoms with van der Waals surface area (Å²) in [5, 5.41) is 4.86. The van der Waals surface area contributed by atoms with Gasteiger partial charge in [-0.15, -0.1) is 0 Å². The average Bonchev–Trinajstić information content (AvgIpc) is 2.95. The fourth-order valence-electron chi connectivity index (χ4n) is 4.48. The van der Waals surface area contributed by atoms with E-state index in [9.17, 15) is 0 Å². The first kappa shape index (κ1) is 17.0. The molecular formula is C22H31P. The van der Waals surface area contributed by atoms with Crippen LogP contribution in [0.2, 0.25) is 0 Å². The Morgan fingerprint density at radius 3 is 2.09 bits per heavy atom. The number of hydrogen-bond donors (Lipinski definition) is 0. The van der Waals surface area contributed by atoms with E-state index in [2.05, 4.69) is 58.0 Å². The molecule has 2 aromatic carbocycles. The summed E-state index contributed by atoms with van der Waals surface area (Å²) in [4.78, 5) is 0. The highest BCUT2D eigenvalue weighted by Crippen LogP contribution is 2.50. The molecule has 2 atom stereocenters. The summed E-state index contributed by atoms with van der Waals surface area (Å²) in [5.41, 5.74) is 4.83. The maximum atomic E-state index is 2.50. The van der Waals surface area contributed by atoms with Crippen LogP contribution in [0.5, 0.6) is 0 Å². The van der Waals surface area contributed by atoms with Gasteiger partial charge in [-0.05, 0) is 64.2 Å². The first-order valence-corrected chi connectivity index (χ1v) is 11.0. The summed E-state index contributed by atoms with van der Waals surface area (Å²) in [6.45, 7) is 9.68. The molecule has 2 unspecified atom stereocenters. The van der Waals surface area contributed by atoms with Crippen LogP contribution < -0.4 is 5.30 Å². The second-order valence-electron chi connectivity index (χ2n) is 7.27. The van der Waals surface area contributed by atoms with Gasteiger partial charge in [0.1, 0.15) is 0 Å². The van der Waals surface area contributed by atoms with E-state index in [1.165, 1.54) is 38.5 Å². The standard InChI is InChI=1S/C22H31P/c1-5-8-16(3)23(17(4)9-6-2)21-15-14-19-13-12-18-10-7-11-20(21)22(18)19/h7,10-11,14-17H,5-6,8-9,12-13H2,1-4H3. The van der Waals surface area contributed by atoms with E-state index in [-0.39, 0.29) is 7.92 Å². The fourth-order valence-corrected chi connectivity index (χ4v) is 8.08. The zero-order valence-electron chi connectivity index (χ0n) is 15.2. The second kappa shape index (κ2) is 7.35. The quantitative estimate of drug-likeness (QED) is 0.515. The predicted octanol–water partition coefficient (Wildman–Crippen LogP) is 6.42. The van der Waals surface area contributed by atoms with Crippen LogP contribution in [0.1, 0.15) is 64.5 Å². The largest absolute Gasteiger partial charge is 0.0688 e. The van der Waals surface area contributed by atoms with E-state index in [4.69, 9.17) is 0 Å². The Balaban J connectivity index is 2.11.